The van der Waals surface area contributed by atoms with Crippen molar-refractivity contribution in [1.82, 2.24) is 9.59 Å². The first-order valence-corrected chi connectivity index (χ1v) is 7.91. The summed E-state index contributed by atoms with van der Waals surface area (Å²) in [5, 5.41) is 5.89. The van der Waals surface area contributed by atoms with Gasteiger partial charge in [-0.05, 0) is 11.5 Å². The normalized spacial score (nSPS) is 10.4. The molecule has 1 aromatic carbocycles. The molecule has 0 unspecified atom stereocenters. The highest BCUT2D eigenvalue weighted by Gasteiger charge is 1.96. The van der Waals surface area contributed by atoms with E-state index in [2.05, 4.69) is 31.0 Å². The van der Waals surface area contributed by atoms with Gasteiger partial charge in [0.05, 0.1) is 0 Å². The van der Waals surface area contributed by atoms with Crippen LogP contribution in [0.4, 0.5) is 0 Å². The van der Waals surface area contributed by atoms with Crippen LogP contribution in [-0.4, -0.2) is 18.0 Å². The van der Waals surface area contributed by atoms with Crippen LogP contribution in [0.3, 0.4) is 0 Å². The maximum atomic E-state index is 9.16. The monoisotopic (exact) mass is 296 g/mol. The van der Waals surface area contributed by atoms with Gasteiger partial charge in [-0.2, -0.15) is 8.42 Å². The van der Waals surface area contributed by atoms with E-state index in [-0.39, 0.29) is 0 Å². The molecule has 0 aliphatic heterocycles. The van der Waals surface area contributed by atoms with Gasteiger partial charge in [-0.3, -0.25) is 0 Å². The van der Waals surface area contributed by atoms with Crippen molar-refractivity contribution in [3.8, 4) is 11.3 Å². The highest BCUT2D eigenvalue weighted by atomic mass is 36.0. The number of hydrogen-bond acceptors (Lipinski definition) is 5. The van der Waals surface area contributed by atoms with Crippen molar-refractivity contribution < 1.29 is 8.42 Å². The van der Waals surface area contributed by atoms with Crippen LogP contribution in [0.5, 0.6) is 0 Å². The van der Waals surface area contributed by atoms with E-state index >= 15 is 0 Å². The molecule has 0 spiro atoms. The number of hydrogen-bond donors (Lipinski definition) is 0. The second-order valence-corrected chi connectivity index (χ2v) is 6.81. The molecule has 8 heteroatoms. The average Bonchev–Trinajstić information content (AvgIpc) is 2.69. The molecule has 16 heavy (non-hydrogen) atoms. The SMILES string of the molecule is O=S(=O)(Cl)Cl.c1ccc(-c2csnn2)cc1. The van der Waals surface area contributed by atoms with Gasteiger partial charge in [-0.15, -0.1) is 5.10 Å². The van der Waals surface area contributed by atoms with Crippen molar-refractivity contribution in [1.29, 1.82) is 0 Å². The minimum Gasteiger partial charge on any atom is -0.195 e. The van der Waals surface area contributed by atoms with Crippen LogP contribution in [0, 0.1) is 0 Å². The highest BCUT2D eigenvalue weighted by molar-refractivity contribution is 8.31. The zero-order chi connectivity index (χ0) is 12.0. The molecular weight excluding hydrogens is 291 g/mol. The lowest BCUT2D eigenvalue weighted by Gasteiger charge is -1.90. The number of rotatable bonds is 1. The molecule has 0 radical (unpaired) electrons. The maximum Gasteiger partial charge on any atom is 0.317 e. The van der Waals surface area contributed by atoms with E-state index in [1.54, 1.807) is 0 Å². The van der Waals surface area contributed by atoms with Crippen molar-refractivity contribution in [2.45, 2.75) is 0 Å². The van der Waals surface area contributed by atoms with Crippen molar-refractivity contribution in [2.75, 3.05) is 0 Å². The maximum absolute atomic E-state index is 9.16. The molecule has 0 aliphatic rings. The summed E-state index contributed by atoms with van der Waals surface area (Å²) in [5.41, 5.74) is 2.08. The second-order valence-electron chi connectivity index (χ2n) is 2.53. The van der Waals surface area contributed by atoms with E-state index < -0.39 is 8.26 Å². The molecule has 2 aromatic rings. The van der Waals surface area contributed by atoms with E-state index in [1.807, 2.05) is 35.7 Å². The third-order valence-electron chi connectivity index (χ3n) is 1.43. The summed E-state index contributed by atoms with van der Waals surface area (Å²) in [6, 6.07) is 10.0. The van der Waals surface area contributed by atoms with Gasteiger partial charge in [-0.25, -0.2) is 0 Å². The lowest BCUT2D eigenvalue weighted by molar-refractivity contribution is 0.621. The molecule has 0 bridgehead atoms. The number of benzene rings is 1. The van der Waals surface area contributed by atoms with Gasteiger partial charge in [-0.1, -0.05) is 34.8 Å². The number of aromatic nitrogens is 2. The Bertz CT molecular complexity index is 506. The second kappa shape index (κ2) is 6.15. The van der Waals surface area contributed by atoms with Crippen molar-refractivity contribution in [2.24, 2.45) is 0 Å². The van der Waals surface area contributed by atoms with E-state index in [4.69, 9.17) is 8.42 Å². The summed E-state index contributed by atoms with van der Waals surface area (Å²) in [6.45, 7) is 0. The van der Waals surface area contributed by atoms with Crippen molar-refractivity contribution >= 4 is 41.2 Å². The predicted octanol–water partition coefficient (Wildman–Crippen LogP) is 2.91. The zero-order valence-electron chi connectivity index (χ0n) is 7.75. The van der Waals surface area contributed by atoms with E-state index in [1.165, 1.54) is 11.5 Å². The Morgan fingerprint density at radius 1 is 1.12 bits per heavy atom. The summed E-state index contributed by atoms with van der Waals surface area (Å²) >= 11 is 1.37. The molecule has 0 N–H and O–H groups in total. The first kappa shape index (κ1) is 13.4. The Kier molecular flexibility index (Phi) is 5.14. The van der Waals surface area contributed by atoms with Gasteiger partial charge in [0.15, 0.2) is 0 Å². The summed E-state index contributed by atoms with van der Waals surface area (Å²) in [7, 11) is 4.81. The summed E-state index contributed by atoms with van der Waals surface area (Å²) in [5.74, 6) is 0. The zero-order valence-corrected chi connectivity index (χ0v) is 10.9. The Morgan fingerprint density at radius 3 is 2.12 bits per heavy atom. The Hall–Kier alpha value is -0.690. The molecule has 0 atom stereocenters. The third-order valence-corrected chi connectivity index (χ3v) is 1.93. The van der Waals surface area contributed by atoms with E-state index in [0.29, 0.717) is 0 Å². The molecule has 1 heterocycles. The summed E-state index contributed by atoms with van der Waals surface area (Å²) in [6.07, 6.45) is 0. The minimum absolute atomic E-state index is 0.954. The molecule has 0 aliphatic carbocycles. The molecular formula is C8H6Cl2N2O2S2. The first-order chi connectivity index (χ1) is 7.47. The number of halogens is 2. The fraction of sp³-hybridized carbons (Fsp3) is 0. The molecule has 0 fully saturated rings. The molecule has 4 nitrogen and oxygen atoms in total. The van der Waals surface area contributed by atoms with Gasteiger partial charge in [0, 0.05) is 32.3 Å². The smallest absolute Gasteiger partial charge is 0.195 e. The van der Waals surface area contributed by atoms with Gasteiger partial charge in [0.1, 0.15) is 5.69 Å². The van der Waals surface area contributed by atoms with E-state index in [0.717, 1.165) is 11.3 Å². The van der Waals surface area contributed by atoms with Gasteiger partial charge < -0.3 is 0 Å². The molecule has 1 aromatic heterocycles. The predicted molar refractivity (Wildman–Crippen MR) is 66.0 cm³/mol. The Balaban J connectivity index is 0.000000221. The third kappa shape index (κ3) is 6.02. The highest BCUT2D eigenvalue weighted by Crippen LogP contribution is 2.15. The van der Waals surface area contributed by atoms with Crippen LogP contribution in [0.15, 0.2) is 35.7 Å². The van der Waals surface area contributed by atoms with Crippen LogP contribution in [0.25, 0.3) is 11.3 Å². The molecule has 0 saturated carbocycles. The topological polar surface area (TPSA) is 59.9 Å². The molecule has 2 rings (SSSR count). The Labute approximate surface area is 106 Å². The van der Waals surface area contributed by atoms with Crippen molar-refractivity contribution in [3.63, 3.8) is 0 Å². The van der Waals surface area contributed by atoms with Crippen LogP contribution in [0.1, 0.15) is 0 Å². The Morgan fingerprint density at radius 2 is 1.69 bits per heavy atom. The first-order valence-electron chi connectivity index (χ1n) is 3.93. The van der Waals surface area contributed by atoms with Crippen molar-refractivity contribution in [3.05, 3.63) is 35.7 Å². The lowest BCUT2D eigenvalue weighted by atomic mass is 10.2. The number of nitrogens with zero attached hydrogens (tertiary/aromatic N) is 2. The minimum atomic E-state index is -3.72. The van der Waals surface area contributed by atoms with Crippen LogP contribution in [0.2, 0.25) is 0 Å². The average molecular weight is 297 g/mol. The standard InChI is InChI=1S/C8H6N2S.Cl2O2S/c1-2-4-7(5-3-1)8-6-11-10-9-8;1-5(2,3)4/h1-6H;. The molecule has 0 amide bonds. The quantitative estimate of drug-likeness (QED) is 0.759. The van der Waals surface area contributed by atoms with Crippen LogP contribution >= 0.6 is 32.9 Å². The fourth-order valence-electron chi connectivity index (χ4n) is 0.899. The summed E-state index contributed by atoms with van der Waals surface area (Å²) in [4.78, 5) is 0. The fourth-order valence-corrected chi connectivity index (χ4v) is 1.36. The van der Waals surface area contributed by atoms with E-state index in [9.17, 15) is 0 Å². The van der Waals surface area contributed by atoms with Gasteiger partial charge in [0.25, 0.3) is 0 Å². The molecule has 86 valence electrons. The lowest BCUT2D eigenvalue weighted by Crippen LogP contribution is -1.75. The van der Waals surface area contributed by atoms with Gasteiger partial charge >= 0.3 is 8.26 Å². The van der Waals surface area contributed by atoms with Crippen LogP contribution in [-0.2, 0) is 8.26 Å². The largest absolute Gasteiger partial charge is 0.317 e. The molecule has 0 saturated heterocycles. The summed E-state index contributed by atoms with van der Waals surface area (Å²) < 4.78 is 22.1. The van der Waals surface area contributed by atoms with Crippen LogP contribution < -0.4 is 0 Å². The van der Waals surface area contributed by atoms with Gasteiger partial charge in [0.2, 0.25) is 0 Å².